The maximum Gasteiger partial charge on any atom is 0.251 e. The lowest BCUT2D eigenvalue weighted by molar-refractivity contribution is -0.215. The summed E-state index contributed by atoms with van der Waals surface area (Å²) in [4.78, 5) is 26.7. The van der Waals surface area contributed by atoms with Crippen LogP contribution in [0.15, 0.2) is 35.4 Å². The Kier molecular flexibility index (Phi) is 6.62. The van der Waals surface area contributed by atoms with Crippen LogP contribution in [0.2, 0.25) is 0 Å². The van der Waals surface area contributed by atoms with Gasteiger partial charge >= 0.3 is 0 Å². The highest BCUT2D eigenvalue weighted by Crippen LogP contribution is 2.76. The first-order valence-electron chi connectivity index (χ1n) is 16.7. The van der Waals surface area contributed by atoms with Gasteiger partial charge in [0.15, 0.2) is 5.78 Å². The number of carbonyl (C=O) groups is 2. The fourth-order valence-electron chi connectivity index (χ4n) is 12.2. The summed E-state index contributed by atoms with van der Waals surface area (Å²) < 4.78 is 0. The van der Waals surface area contributed by atoms with E-state index in [1.54, 1.807) is 5.57 Å². The average Bonchev–Trinajstić information content (AvgIpc) is 3.16. The predicted molar refractivity (Wildman–Crippen MR) is 168 cm³/mol. The van der Waals surface area contributed by atoms with Crippen molar-refractivity contribution in [1.82, 2.24) is 5.32 Å². The molecular weight excluding hydrogens is 502 g/mol. The number of hydrogen-bond donors (Lipinski definition) is 1. The Labute approximate surface area is 249 Å². The minimum atomic E-state index is 0.0436. The molecule has 0 spiro atoms. The molecule has 0 bridgehead atoms. The maximum absolute atomic E-state index is 13.4. The number of hydrogen-bond acceptors (Lipinski definition) is 2. The molecular formula is C38H55NO2. The molecule has 41 heavy (non-hydrogen) atoms. The fraction of sp³-hybridized carbons (Fsp3) is 0.737. The van der Waals surface area contributed by atoms with Crippen molar-refractivity contribution >= 4 is 11.7 Å². The Morgan fingerprint density at radius 2 is 1.61 bits per heavy atom. The molecule has 6 rings (SSSR count). The Hall–Kier alpha value is -1.90. The summed E-state index contributed by atoms with van der Waals surface area (Å²) in [5.74, 6) is 2.67. The van der Waals surface area contributed by atoms with Gasteiger partial charge in [0, 0.05) is 18.0 Å². The van der Waals surface area contributed by atoms with Crippen molar-refractivity contribution in [3.63, 3.8) is 0 Å². The summed E-state index contributed by atoms with van der Waals surface area (Å²) in [6, 6.07) is 8.19. The Morgan fingerprint density at radius 3 is 2.29 bits per heavy atom. The molecule has 3 heteroatoms. The normalized spacial score (nSPS) is 43.2. The Balaban J connectivity index is 1.31. The standard InChI is InChI=1S/C38H55NO2/c1-23(2)31-27(40)22-35(6)19-20-37(8)26(32(31)35)13-14-29-36(7)17-16-30(34(4,5)28(36)15-18-38(29,37)9)39-33(41)25-12-10-11-24(3)21-25/h10-12,21,23,26,28-30H,13-20,22H2,1-9H3,(H,39,41)/t26-,28+,29-,30?,35+,36+,37-,38-/m1/s1. The zero-order valence-electron chi connectivity index (χ0n) is 27.4. The van der Waals surface area contributed by atoms with Crippen molar-refractivity contribution in [1.29, 1.82) is 0 Å². The quantitative estimate of drug-likeness (QED) is 0.403. The van der Waals surface area contributed by atoms with Crippen molar-refractivity contribution in [2.75, 3.05) is 0 Å². The molecule has 0 aliphatic heterocycles. The summed E-state index contributed by atoms with van der Waals surface area (Å²) in [6.45, 7) is 21.8. The number of benzene rings is 1. The van der Waals surface area contributed by atoms with Gasteiger partial charge in [0.25, 0.3) is 5.91 Å². The van der Waals surface area contributed by atoms with E-state index >= 15 is 0 Å². The molecule has 5 aliphatic carbocycles. The van der Waals surface area contributed by atoms with Crippen LogP contribution in [0.1, 0.15) is 129 Å². The van der Waals surface area contributed by atoms with E-state index < -0.39 is 0 Å². The van der Waals surface area contributed by atoms with Gasteiger partial charge in [-0.15, -0.1) is 0 Å². The van der Waals surface area contributed by atoms with Gasteiger partial charge in [-0.25, -0.2) is 0 Å². The number of amides is 1. The SMILES string of the molecule is Cc1cccc(C(=O)NC2CC[C@]3(C)[C@H]4CC[C@@H]5C6=C(C(C)C)C(=O)C[C@]6(C)CC[C@@]5(C)[C@]4(C)CC[C@H]3C2(C)C)c1. The number of Topliss-reactive ketones (excluding diaryl/α,β-unsaturated/α-hetero) is 1. The van der Waals surface area contributed by atoms with Crippen LogP contribution in [-0.4, -0.2) is 17.7 Å². The summed E-state index contributed by atoms with van der Waals surface area (Å²) >= 11 is 0. The molecule has 1 amide bonds. The van der Waals surface area contributed by atoms with Crippen molar-refractivity contribution in [3.8, 4) is 0 Å². The minimum Gasteiger partial charge on any atom is -0.349 e. The highest BCUT2D eigenvalue weighted by Gasteiger charge is 2.69. The molecule has 3 nitrogen and oxygen atoms in total. The zero-order valence-corrected chi connectivity index (χ0v) is 27.4. The van der Waals surface area contributed by atoms with Crippen LogP contribution in [0, 0.1) is 57.7 Å². The second kappa shape index (κ2) is 9.30. The van der Waals surface area contributed by atoms with Gasteiger partial charge in [0.2, 0.25) is 0 Å². The number of aryl methyl sites for hydroxylation is 1. The van der Waals surface area contributed by atoms with E-state index in [0.717, 1.165) is 30.4 Å². The molecule has 1 unspecified atom stereocenters. The minimum absolute atomic E-state index is 0.0436. The highest BCUT2D eigenvalue weighted by molar-refractivity contribution is 6.00. The topological polar surface area (TPSA) is 46.2 Å². The lowest BCUT2D eigenvalue weighted by Gasteiger charge is -2.72. The maximum atomic E-state index is 13.4. The fourth-order valence-corrected chi connectivity index (χ4v) is 12.2. The van der Waals surface area contributed by atoms with Crippen LogP contribution in [-0.2, 0) is 4.79 Å². The van der Waals surface area contributed by atoms with Gasteiger partial charge in [-0.1, -0.05) is 78.7 Å². The van der Waals surface area contributed by atoms with Crippen LogP contribution in [0.4, 0.5) is 0 Å². The van der Waals surface area contributed by atoms with Gasteiger partial charge in [0.05, 0.1) is 0 Å². The molecule has 4 saturated carbocycles. The van der Waals surface area contributed by atoms with Gasteiger partial charge in [-0.05, 0) is 127 Å². The summed E-state index contributed by atoms with van der Waals surface area (Å²) in [7, 11) is 0. The smallest absolute Gasteiger partial charge is 0.251 e. The van der Waals surface area contributed by atoms with Crippen LogP contribution in [0.3, 0.4) is 0 Å². The third kappa shape index (κ3) is 3.95. The number of carbonyl (C=O) groups excluding carboxylic acids is 2. The first-order valence-corrected chi connectivity index (χ1v) is 16.7. The van der Waals surface area contributed by atoms with E-state index in [1.165, 1.54) is 44.1 Å². The number of ketones is 1. The van der Waals surface area contributed by atoms with Gasteiger partial charge in [-0.2, -0.15) is 0 Å². The third-order valence-electron chi connectivity index (χ3n) is 14.4. The molecule has 5 aliphatic rings. The van der Waals surface area contributed by atoms with Crippen LogP contribution in [0.5, 0.6) is 0 Å². The van der Waals surface area contributed by atoms with Crippen LogP contribution in [0.25, 0.3) is 0 Å². The number of fused-ring (bicyclic) bond motifs is 7. The van der Waals surface area contributed by atoms with E-state index in [0.29, 0.717) is 29.5 Å². The average molecular weight is 558 g/mol. The molecule has 1 N–H and O–H groups in total. The van der Waals surface area contributed by atoms with E-state index in [9.17, 15) is 9.59 Å². The summed E-state index contributed by atoms with van der Waals surface area (Å²) in [5, 5.41) is 3.51. The molecule has 4 fully saturated rings. The number of allylic oxidation sites excluding steroid dienone is 2. The third-order valence-corrected chi connectivity index (χ3v) is 14.4. The van der Waals surface area contributed by atoms with Gasteiger partial charge in [-0.3, -0.25) is 9.59 Å². The van der Waals surface area contributed by atoms with Gasteiger partial charge in [0.1, 0.15) is 0 Å². The van der Waals surface area contributed by atoms with Crippen molar-refractivity contribution in [3.05, 3.63) is 46.5 Å². The van der Waals surface area contributed by atoms with E-state index in [2.05, 4.69) is 73.7 Å². The highest BCUT2D eigenvalue weighted by atomic mass is 16.1. The predicted octanol–water partition coefficient (Wildman–Crippen LogP) is 9.09. The van der Waals surface area contributed by atoms with Crippen molar-refractivity contribution in [2.45, 2.75) is 126 Å². The summed E-state index contributed by atoms with van der Waals surface area (Å²) in [5.41, 5.74) is 5.61. The Bertz CT molecular complexity index is 1300. The monoisotopic (exact) mass is 557 g/mol. The first-order chi connectivity index (χ1) is 19.1. The van der Waals surface area contributed by atoms with Crippen molar-refractivity contribution < 1.29 is 9.59 Å². The second-order valence-corrected chi connectivity index (χ2v) is 17.0. The zero-order chi connectivity index (χ0) is 29.8. The molecule has 1 aromatic rings. The molecule has 1 aromatic carbocycles. The van der Waals surface area contributed by atoms with E-state index in [1.807, 2.05) is 18.2 Å². The molecule has 0 saturated heterocycles. The second-order valence-electron chi connectivity index (χ2n) is 17.0. The van der Waals surface area contributed by atoms with E-state index in [4.69, 9.17) is 0 Å². The molecule has 0 aromatic heterocycles. The number of nitrogens with one attached hydrogen (secondary N) is 1. The lowest BCUT2D eigenvalue weighted by atomic mass is 9.33. The van der Waals surface area contributed by atoms with E-state index in [-0.39, 0.29) is 39.0 Å². The van der Waals surface area contributed by atoms with Crippen LogP contribution >= 0.6 is 0 Å². The van der Waals surface area contributed by atoms with Crippen LogP contribution < -0.4 is 5.32 Å². The largest absolute Gasteiger partial charge is 0.349 e. The molecule has 0 heterocycles. The molecule has 0 radical (unpaired) electrons. The lowest BCUT2D eigenvalue weighted by Crippen LogP contribution is -2.66. The van der Waals surface area contributed by atoms with Crippen molar-refractivity contribution in [2.24, 2.45) is 50.7 Å². The molecule has 224 valence electrons. The van der Waals surface area contributed by atoms with Gasteiger partial charge < -0.3 is 5.32 Å². The Morgan fingerprint density at radius 1 is 0.878 bits per heavy atom. The molecule has 8 atom stereocenters. The first kappa shape index (κ1) is 29.2. The number of rotatable bonds is 3. The summed E-state index contributed by atoms with van der Waals surface area (Å²) in [6.07, 6.45) is 10.4.